The van der Waals surface area contributed by atoms with Crippen LogP contribution in [0.5, 0.6) is 0 Å². The van der Waals surface area contributed by atoms with E-state index in [-0.39, 0.29) is 11.7 Å². The van der Waals surface area contributed by atoms with Crippen LogP contribution in [-0.4, -0.2) is 30.8 Å². The van der Waals surface area contributed by atoms with Crippen LogP contribution in [0.4, 0.5) is 16.2 Å². The molecule has 3 heterocycles. The summed E-state index contributed by atoms with van der Waals surface area (Å²) in [5.74, 6) is 1.23. The highest BCUT2D eigenvalue weighted by Crippen LogP contribution is 2.27. The molecule has 0 aliphatic rings. The summed E-state index contributed by atoms with van der Waals surface area (Å²) in [4.78, 5) is 18.3. The standard InChI is InChI=1S/C18H21FN6S/c1-10(2)25-12(4)20-9-14(25)17-13(19)8-21-18(24-17)23-16-7-6-15(26-5)11(3)22-16/h6-10H,1-5H3,(H,21,22,23,24). The Morgan fingerprint density at radius 2 is 1.88 bits per heavy atom. The molecule has 0 amide bonds. The fourth-order valence-corrected chi connectivity index (χ4v) is 3.38. The molecule has 26 heavy (non-hydrogen) atoms. The van der Waals surface area contributed by atoms with Crippen molar-refractivity contribution in [1.29, 1.82) is 0 Å². The fourth-order valence-electron chi connectivity index (χ4n) is 2.84. The van der Waals surface area contributed by atoms with Gasteiger partial charge in [-0.3, -0.25) is 0 Å². The SMILES string of the molecule is CSc1ccc(Nc2ncc(F)c(-c3cnc(C)n3C(C)C)n2)nc1C. The Hall–Kier alpha value is -2.48. The van der Waals surface area contributed by atoms with Gasteiger partial charge in [0.1, 0.15) is 17.3 Å². The van der Waals surface area contributed by atoms with E-state index in [1.54, 1.807) is 18.0 Å². The smallest absolute Gasteiger partial charge is 0.229 e. The second-order valence-electron chi connectivity index (χ2n) is 6.15. The molecule has 0 spiro atoms. The van der Waals surface area contributed by atoms with E-state index in [4.69, 9.17) is 0 Å². The summed E-state index contributed by atoms with van der Waals surface area (Å²) in [6, 6.07) is 3.98. The summed E-state index contributed by atoms with van der Waals surface area (Å²) in [5, 5.41) is 3.05. The zero-order chi connectivity index (χ0) is 18.8. The first-order valence-corrected chi connectivity index (χ1v) is 9.48. The molecule has 0 saturated heterocycles. The Morgan fingerprint density at radius 1 is 1.12 bits per heavy atom. The molecule has 3 aromatic rings. The molecule has 0 aliphatic heterocycles. The minimum atomic E-state index is -0.487. The van der Waals surface area contributed by atoms with Crippen molar-refractivity contribution in [3.05, 3.63) is 41.9 Å². The maximum Gasteiger partial charge on any atom is 0.229 e. The summed E-state index contributed by atoms with van der Waals surface area (Å²) in [7, 11) is 0. The molecule has 0 atom stereocenters. The number of aryl methyl sites for hydroxylation is 2. The van der Waals surface area contributed by atoms with E-state index in [0.717, 1.165) is 16.4 Å². The Kier molecular flexibility index (Phi) is 5.22. The number of imidazole rings is 1. The molecule has 3 rings (SSSR count). The lowest BCUT2D eigenvalue weighted by atomic mass is 10.2. The Morgan fingerprint density at radius 3 is 2.54 bits per heavy atom. The summed E-state index contributed by atoms with van der Waals surface area (Å²) >= 11 is 1.64. The van der Waals surface area contributed by atoms with Crippen molar-refractivity contribution in [3.63, 3.8) is 0 Å². The molecular weight excluding hydrogens is 351 g/mol. The van der Waals surface area contributed by atoms with E-state index >= 15 is 0 Å². The van der Waals surface area contributed by atoms with Crippen LogP contribution in [0.25, 0.3) is 11.4 Å². The van der Waals surface area contributed by atoms with Gasteiger partial charge in [0, 0.05) is 10.9 Å². The van der Waals surface area contributed by atoms with E-state index in [0.29, 0.717) is 17.5 Å². The van der Waals surface area contributed by atoms with Gasteiger partial charge in [0.05, 0.1) is 23.8 Å². The second kappa shape index (κ2) is 7.41. The van der Waals surface area contributed by atoms with Gasteiger partial charge < -0.3 is 9.88 Å². The molecular formula is C18H21FN6S. The first kappa shape index (κ1) is 18.3. The van der Waals surface area contributed by atoms with Gasteiger partial charge >= 0.3 is 0 Å². The van der Waals surface area contributed by atoms with Gasteiger partial charge in [-0.05, 0) is 46.1 Å². The largest absolute Gasteiger partial charge is 0.324 e. The number of rotatable bonds is 5. The maximum absolute atomic E-state index is 14.4. The lowest BCUT2D eigenvalue weighted by molar-refractivity contribution is 0.578. The summed E-state index contributed by atoms with van der Waals surface area (Å²) in [5.41, 5.74) is 1.76. The van der Waals surface area contributed by atoms with E-state index in [2.05, 4.69) is 25.3 Å². The molecule has 0 aliphatic carbocycles. The molecule has 3 aromatic heterocycles. The zero-order valence-corrected chi connectivity index (χ0v) is 16.2. The van der Waals surface area contributed by atoms with Crippen LogP contribution in [0, 0.1) is 19.7 Å². The Balaban J connectivity index is 1.97. The average Bonchev–Trinajstić information content (AvgIpc) is 2.98. The van der Waals surface area contributed by atoms with E-state index < -0.39 is 5.82 Å². The van der Waals surface area contributed by atoms with Gasteiger partial charge in [-0.2, -0.15) is 0 Å². The normalized spacial score (nSPS) is 11.2. The number of pyridine rings is 1. The molecule has 0 fully saturated rings. The third-order valence-electron chi connectivity index (χ3n) is 3.98. The van der Waals surface area contributed by atoms with Gasteiger partial charge in [0.2, 0.25) is 5.95 Å². The van der Waals surface area contributed by atoms with Crippen molar-refractivity contribution in [2.75, 3.05) is 11.6 Å². The predicted octanol–water partition coefficient (Wildman–Crippen LogP) is 4.54. The molecule has 0 bridgehead atoms. The highest BCUT2D eigenvalue weighted by Gasteiger charge is 2.18. The minimum absolute atomic E-state index is 0.140. The predicted molar refractivity (Wildman–Crippen MR) is 102 cm³/mol. The third-order valence-corrected chi connectivity index (χ3v) is 4.85. The zero-order valence-electron chi connectivity index (χ0n) is 15.4. The molecule has 1 N–H and O–H groups in total. The van der Waals surface area contributed by atoms with Crippen molar-refractivity contribution >= 4 is 23.5 Å². The molecule has 0 saturated carbocycles. The monoisotopic (exact) mass is 372 g/mol. The third kappa shape index (κ3) is 3.55. The first-order chi connectivity index (χ1) is 12.4. The number of aromatic nitrogens is 5. The molecule has 0 aromatic carbocycles. The molecule has 136 valence electrons. The number of nitrogens with zero attached hydrogens (tertiary/aromatic N) is 5. The molecule has 6 nitrogen and oxygen atoms in total. The molecule has 0 unspecified atom stereocenters. The van der Waals surface area contributed by atoms with Gasteiger partial charge in [-0.25, -0.2) is 24.3 Å². The minimum Gasteiger partial charge on any atom is -0.324 e. The average molecular weight is 372 g/mol. The van der Waals surface area contributed by atoms with Crippen LogP contribution in [-0.2, 0) is 0 Å². The van der Waals surface area contributed by atoms with Gasteiger partial charge in [0.15, 0.2) is 5.82 Å². The maximum atomic E-state index is 14.4. The van der Waals surface area contributed by atoms with Gasteiger partial charge in [0.25, 0.3) is 0 Å². The summed E-state index contributed by atoms with van der Waals surface area (Å²) in [6.45, 7) is 7.88. The highest BCUT2D eigenvalue weighted by atomic mass is 32.2. The number of halogens is 1. The Bertz CT molecular complexity index is 937. The summed E-state index contributed by atoms with van der Waals surface area (Å²) < 4.78 is 16.3. The fraction of sp³-hybridized carbons (Fsp3) is 0.333. The summed E-state index contributed by atoms with van der Waals surface area (Å²) in [6.07, 6.45) is 4.81. The number of thioether (sulfide) groups is 1. The molecule has 0 radical (unpaired) electrons. The Labute approximate surface area is 156 Å². The van der Waals surface area contributed by atoms with Crippen LogP contribution < -0.4 is 5.32 Å². The number of nitrogens with one attached hydrogen (secondary N) is 1. The van der Waals surface area contributed by atoms with Crippen LogP contribution in [0.3, 0.4) is 0 Å². The van der Waals surface area contributed by atoms with Crippen LogP contribution in [0.15, 0.2) is 29.4 Å². The quantitative estimate of drug-likeness (QED) is 0.663. The van der Waals surface area contributed by atoms with E-state index in [9.17, 15) is 4.39 Å². The van der Waals surface area contributed by atoms with Crippen molar-refractivity contribution < 1.29 is 4.39 Å². The number of hydrogen-bond donors (Lipinski definition) is 1. The highest BCUT2D eigenvalue weighted by molar-refractivity contribution is 7.98. The van der Waals surface area contributed by atoms with Gasteiger partial charge in [-0.1, -0.05) is 0 Å². The lowest BCUT2D eigenvalue weighted by Crippen LogP contribution is -2.08. The van der Waals surface area contributed by atoms with Crippen LogP contribution in [0.1, 0.15) is 31.4 Å². The van der Waals surface area contributed by atoms with Crippen molar-refractivity contribution in [2.24, 2.45) is 0 Å². The second-order valence-corrected chi connectivity index (χ2v) is 7.00. The van der Waals surface area contributed by atoms with Gasteiger partial charge in [-0.15, -0.1) is 11.8 Å². The number of anilines is 2. The lowest BCUT2D eigenvalue weighted by Gasteiger charge is -2.14. The van der Waals surface area contributed by atoms with E-state index in [1.807, 2.05) is 50.7 Å². The van der Waals surface area contributed by atoms with Crippen molar-refractivity contribution in [3.8, 4) is 11.4 Å². The van der Waals surface area contributed by atoms with Crippen molar-refractivity contribution in [1.82, 2.24) is 24.5 Å². The molecule has 8 heteroatoms. The van der Waals surface area contributed by atoms with Crippen LogP contribution >= 0.6 is 11.8 Å². The first-order valence-electron chi connectivity index (χ1n) is 8.26. The number of hydrogen-bond acceptors (Lipinski definition) is 6. The van der Waals surface area contributed by atoms with Crippen LogP contribution in [0.2, 0.25) is 0 Å². The van der Waals surface area contributed by atoms with Crippen molar-refractivity contribution in [2.45, 2.75) is 38.6 Å². The topological polar surface area (TPSA) is 68.5 Å². The van der Waals surface area contributed by atoms with E-state index in [1.165, 1.54) is 6.20 Å².